The number of carbonyl (C=O) groups excluding carboxylic acids is 1. The van der Waals surface area contributed by atoms with Gasteiger partial charge >= 0.3 is 0 Å². The quantitative estimate of drug-likeness (QED) is 0.393. The molecular weight excluding hydrogens is 444 g/mol. The zero-order chi connectivity index (χ0) is 22.1. The van der Waals surface area contributed by atoms with Gasteiger partial charge in [-0.2, -0.15) is 9.78 Å². The molecule has 1 aromatic carbocycles. The molecule has 0 spiro atoms. The van der Waals surface area contributed by atoms with Crippen molar-refractivity contribution in [2.45, 2.75) is 31.5 Å². The van der Waals surface area contributed by atoms with E-state index in [9.17, 15) is 4.79 Å². The Balaban J connectivity index is 1.37. The average Bonchev–Trinajstić information content (AvgIpc) is 3.60. The molecule has 0 N–H and O–H groups in total. The molecular formula is C22H20N6O2S2. The number of aryl methyl sites for hydroxylation is 1. The van der Waals surface area contributed by atoms with Gasteiger partial charge in [0.1, 0.15) is 11.8 Å². The number of rotatable bonds is 6. The summed E-state index contributed by atoms with van der Waals surface area (Å²) in [6.45, 7) is 4.08. The highest BCUT2D eigenvalue weighted by atomic mass is 32.2. The lowest BCUT2D eigenvalue weighted by molar-refractivity contribution is -0.130. The van der Waals surface area contributed by atoms with Gasteiger partial charge in [0.15, 0.2) is 0 Å². The summed E-state index contributed by atoms with van der Waals surface area (Å²) in [5.74, 6) is 0.751. The third-order valence-corrected chi connectivity index (χ3v) is 7.24. The summed E-state index contributed by atoms with van der Waals surface area (Å²) in [4.78, 5) is 14.3. The Bertz CT molecular complexity index is 1260. The fourth-order valence-electron chi connectivity index (χ4n) is 3.61. The van der Waals surface area contributed by atoms with E-state index in [2.05, 4.69) is 20.6 Å². The summed E-state index contributed by atoms with van der Waals surface area (Å²) in [5, 5.41) is 20.8. The first-order chi connectivity index (χ1) is 15.6. The number of benzene rings is 1. The molecule has 1 aliphatic rings. The van der Waals surface area contributed by atoms with Gasteiger partial charge < -0.3 is 4.42 Å². The zero-order valence-corrected chi connectivity index (χ0v) is 19.1. The molecule has 162 valence electrons. The number of hydrogen-bond donors (Lipinski definition) is 0. The summed E-state index contributed by atoms with van der Waals surface area (Å²) in [5.41, 5.74) is 4.03. The molecule has 0 saturated heterocycles. The van der Waals surface area contributed by atoms with Crippen LogP contribution in [0.4, 0.5) is 0 Å². The number of nitrogens with zero attached hydrogens (tertiary/aromatic N) is 6. The molecule has 4 heterocycles. The van der Waals surface area contributed by atoms with Crippen LogP contribution < -0.4 is 0 Å². The van der Waals surface area contributed by atoms with E-state index in [1.165, 1.54) is 16.8 Å². The SMILES string of the molecule is Cc1cccc(-n2nnnc2SCC(=O)N2N=C(c3cccs3)C[C@H]2c2ccco2)c1C. The molecule has 32 heavy (non-hydrogen) atoms. The van der Waals surface area contributed by atoms with Crippen molar-refractivity contribution in [3.63, 3.8) is 0 Å². The van der Waals surface area contributed by atoms with Gasteiger partial charge in [-0.15, -0.1) is 16.4 Å². The first kappa shape index (κ1) is 20.7. The highest BCUT2D eigenvalue weighted by molar-refractivity contribution is 7.99. The van der Waals surface area contributed by atoms with E-state index in [4.69, 9.17) is 4.42 Å². The number of thioether (sulfide) groups is 1. The summed E-state index contributed by atoms with van der Waals surface area (Å²) in [6.07, 6.45) is 2.23. The molecule has 0 unspecified atom stereocenters. The van der Waals surface area contributed by atoms with Crippen LogP contribution in [0.3, 0.4) is 0 Å². The van der Waals surface area contributed by atoms with Gasteiger partial charge in [-0.25, -0.2) is 5.01 Å². The van der Waals surface area contributed by atoms with Gasteiger partial charge in [-0.3, -0.25) is 4.79 Å². The van der Waals surface area contributed by atoms with Crippen LogP contribution in [0.25, 0.3) is 5.69 Å². The average molecular weight is 465 g/mol. The van der Waals surface area contributed by atoms with Crippen molar-refractivity contribution < 1.29 is 9.21 Å². The van der Waals surface area contributed by atoms with Crippen LogP contribution in [0.2, 0.25) is 0 Å². The predicted octanol–water partition coefficient (Wildman–Crippen LogP) is 4.40. The molecule has 0 aliphatic carbocycles. The summed E-state index contributed by atoms with van der Waals surface area (Å²) >= 11 is 2.91. The largest absolute Gasteiger partial charge is 0.467 e. The van der Waals surface area contributed by atoms with Crippen LogP contribution in [0, 0.1) is 13.8 Å². The van der Waals surface area contributed by atoms with E-state index >= 15 is 0 Å². The predicted molar refractivity (Wildman–Crippen MR) is 123 cm³/mol. The Hall–Kier alpha value is -3.24. The van der Waals surface area contributed by atoms with Gasteiger partial charge in [0.25, 0.3) is 5.91 Å². The van der Waals surface area contributed by atoms with Crippen molar-refractivity contribution in [1.29, 1.82) is 0 Å². The summed E-state index contributed by atoms with van der Waals surface area (Å²) in [6, 6.07) is 13.4. The number of aromatic nitrogens is 4. The van der Waals surface area contributed by atoms with Crippen molar-refractivity contribution in [3.05, 3.63) is 75.9 Å². The highest BCUT2D eigenvalue weighted by Crippen LogP contribution is 2.35. The second-order valence-corrected chi connectivity index (χ2v) is 9.27. The van der Waals surface area contributed by atoms with Gasteiger partial charge in [0.05, 0.1) is 28.3 Å². The van der Waals surface area contributed by atoms with Crippen molar-refractivity contribution >= 4 is 34.7 Å². The zero-order valence-electron chi connectivity index (χ0n) is 17.5. The van der Waals surface area contributed by atoms with Crippen molar-refractivity contribution in [2.24, 2.45) is 5.10 Å². The number of carbonyl (C=O) groups is 1. The Morgan fingerprint density at radius 2 is 2.12 bits per heavy atom. The Morgan fingerprint density at radius 3 is 2.91 bits per heavy atom. The van der Waals surface area contributed by atoms with E-state index in [1.807, 2.05) is 61.7 Å². The maximum absolute atomic E-state index is 13.2. The van der Waals surface area contributed by atoms with Gasteiger partial charge in [-0.1, -0.05) is 30.0 Å². The van der Waals surface area contributed by atoms with E-state index in [-0.39, 0.29) is 17.7 Å². The lowest BCUT2D eigenvalue weighted by atomic mass is 10.1. The first-order valence-corrected chi connectivity index (χ1v) is 11.9. The number of hydrazone groups is 1. The molecule has 3 aromatic heterocycles. The van der Waals surface area contributed by atoms with Crippen LogP contribution in [0.5, 0.6) is 0 Å². The van der Waals surface area contributed by atoms with Crippen LogP contribution in [-0.2, 0) is 4.79 Å². The minimum absolute atomic E-state index is 0.126. The van der Waals surface area contributed by atoms with E-state index in [0.717, 1.165) is 33.2 Å². The molecule has 4 aromatic rings. The number of amides is 1. The monoisotopic (exact) mass is 464 g/mol. The van der Waals surface area contributed by atoms with Crippen LogP contribution in [0.15, 0.2) is 68.8 Å². The van der Waals surface area contributed by atoms with E-state index in [0.29, 0.717) is 11.6 Å². The number of hydrogen-bond acceptors (Lipinski definition) is 8. The molecule has 1 atom stereocenters. The molecule has 0 fully saturated rings. The van der Waals surface area contributed by atoms with Crippen LogP contribution in [0.1, 0.15) is 34.2 Å². The molecule has 0 saturated carbocycles. The van der Waals surface area contributed by atoms with E-state index in [1.54, 1.807) is 22.3 Å². The Morgan fingerprint density at radius 1 is 1.22 bits per heavy atom. The minimum Gasteiger partial charge on any atom is -0.467 e. The Labute approximate surface area is 192 Å². The minimum atomic E-state index is -0.259. The normalized spacial score (nSPS) is 15.9. The molecule has 8 nitrogen and oxygen atoms in total. The highest BCUT2D eigenvalue weighted by Gasteiger charge is 2.35. The maximum Gasteiger partial charge on any atom is 0.253 e. The number of furan rings is 1. The molecule has 1 amide bonds. The lowest BCUT2D eigenvalue weighted by Crippen LogP contribution is -2.28. The second-order valence-electron chi connectivity index (χ2n) is 7.38. The molecule has 0 bridgehead atoms. The first-order valence-electron chi connectivity index (χ1n) is 10.1. The van der Waals surface area contributed by atoms with Crippen molar-refractivity contribution in [2.75, 3.05) is 5.75 Å². The number of thiophene rings is 1. The Kier molecular flexibility index (Phi) is 5.62. The molecule has 10 heteroatoms. The molecule has 0 radical (unpaired) electrons. The van der Waals surface area contributed by atoms with Gasteiger partial charge in [0.2, 0.25) is 5.16 Å². The van der Waals surface area contributed by atoms with Gasteiger partial charge in [0, 0.05) is 6.42 Å². The maximum atomic E-state index is 13.2. The third-order valence-electron chi connectivity index (χ3n) is 5.41. The van der Waals surface area contributed by atoms with Crippen LogP contribution >= 0.6 is 23.1 Å². The number of tetrazole rings is 1. The fourth-order valence-corrected chi connectivity index (χ4v) is 5.07. The molecule has 5 rings (SSSR count). The van der Waals surface area contributed by atoms with E-state index < -0.39 is 0 Å². The standard InChI is InChI=1S/C22H20N6O2S2/c1-14-6-3-7-17(15(14)2)28-22(23-25-26-28)32-13-21(29)27-18(19-8-4-10-30-19)12-16(24-27)20-9-5-11-31-20/h3-11,18H,12-13H2,1-2H3/t18-/m0/s1. The van der Waals surface area contributed by atoms with Crippen molar-refractivity contribution in [3.8, 4) is 5.69 Å². The topological polar surface area (TPSA) is 89.4 Å². The van der Waals surface area contributed by atoms with Gasteiger partial charge in [-0.05, 0) is 65.0 Å². The third kappa shape index (κ3) is 3.87. The summed E-state index contributed by atoms with van der Waals surface area (Å²) in [7, 11) is 0. The smallest absolute Gasteiger partial charge is 0.253 e. The van der Waals surface area contributed by atoms with Crippen molar-refractivity contribution in [1.82, 2.24) is 25.2 Å². The van der Waals surface area contributed by atoms with Crippen LogP contribution in [-0.4, -0.2) is 42.6 Å². The molecule has 1 aliphatic heterocycles. The fraction of sp³-hybridized carbons (Fsp3) is 0.227. The second kappa shape index (κ2) is 8.71. The lowest BCUT2D eigenvalue weighted by Gasteiger charge is -2.19. The summed E-state index contributed by atoms with van der Waals surface area (Å²) < 4.78 is 7.28.